The summed E-state index contributed by atoms with van der Waals surface area (Å²) < 4.78 is 49.9. The molecule has 16 heteroatoms. The number of thioether (sulfide) groups is 1. The van der Waals surface area contributed by atoms with Crippen LogP contribution in [0.4, 0.5) is 13.2 Å². The van der Waals surface area contributed by atoms with Gasteiger partial charge in [0.15, 0.2) is 11.9 Å². The normalized spacial score (nSPS) is 37.1. The van der Waals surface area contributed by atoms with E-state index in [2.05, 4.69) is 99.9 Å². The van der Waals surface area contributed by atoms with E-state index in [1.807, 2.05) is 0 Å². The van der Waals surface area contributed by atoms with Crippen LogP contribution in [0.2, 0.25) is 0 Å². The monoisotopic (exact) mass is 989 g/mol. The van der Waals surface area contributed by atoms with Gasteiger partial charge in [0.2, 0.25) is 5.91 Å². The number of nitrogens with one attached hydrogen (secondary N) is 4. The Bertz CT molecular complexity index is 2220. The van der Waals surface area contributed by atoms with Crippen molar-refractivity contribution in [2.75, 3.05) is 26.2 Å². The molecule has 2 aromatic carbocycles. The Labute approximate surface area is 418 Å². The van der Waals surface area contributed by atoms with Crippen LogP contribution in [0.25, 0.3) is 0 Å². The number of aliphatic imine (C=N–C) groups is 1. The van der Waals surface area contributed by atoms with Crippen molar-refractivity contribution in [2.45, 2.75) is 202 Å². The molecule has 12 nitrogen and oxygen atoms in total. The van der Waals surface area contributed by atoms with Gasteiger partial charge in [-0.25, -0.2) is 15.4 Å². The summed E-state index contributed by atoms with van der Waals surface area (Å²) in [5, 5.41) is 13.6. The van der Waals surface area contributed by atoms with Crippen LogP contribution < -0.4 is 31.1 Å². The topological polar surface area (TPSA) is 126 Å². The van der Waals surface area contributed by atoms with Crippen LogP contribution in [0.15, 0.2) is 47.5 Å². The Morgan fingerprint density at radius 1 is 0.943 bits per heavy atom. The van der Waals surface area contributed by atoms with E-state index in [9.17, 15) is 23.2 Å². The molecule has 70 heavy (non-hydrogen) atoms. The second-order valence-electron chi connectivity index (χ2n) is 22.5. The van der Waals surface area contributed by atoms with E-state index in [1.54, 1.807) is 6.07 Å². The van der Waals surface area contributed by atoms with E-state index in [-0.39, 0.29) is 53.8 Å². The number of amides is 1. The van der Waals surface area contributed by atoms with Crippen LogP contribution in [0.3, 0.4) is 0 Å². The molecular weight excluding hydrogens is 912 g/mol. The summed E-state index contributed by atoms with van der Waals surface area (Å²) >= 11 is 2.13. The van der Waals surface area contributed by atoms with Crippen LogP contribution in [-0.4, -0.2) is 112 Å². The highest BCUT2D eigenvalue weighted by Gasteiger charge is 2.54. The predicted molar refractivity (Wildman–Crippen MR) is 267 cm³/mol. The maximum absolute atomic E-state index is 14.1. The zero-order chi connectivity index (χ0) is 48.8. The van der Waals surface area contributed by atoms with E-state index < -0.39 is 12.1 Å². The number of quaternary nitrogens is 1. The lowest BCUT2D eigenvalue weighted by Crippen LogP contribution is -2.75. The van der Waals surface area contributed by atoms with E-state index in [4.69, 9.17) is 9.73 Å². The second-order valence-corrected chi connectivity index (χ2v) is 24.0. The minimum absolute atomic E-state index is 0.0122. The molecule has 6 aliphatic heterocycles. The van der Waals surface area contributed by atoms with Crippen molar-refractivity contribution in [3.05, 3.63) is 59.2 Å². The van der Waals surface area contributed by atoms with Gasteiger partial charge in [0.05, 0.1) is 48.5 Å². The van der Waals surface area contributed by atoms with Crippen molar-refractivity contribution >= 4 is 23.4 Å². The number of halogens is 3. The number of fused-ring (bicyclic) bond motifs is 3. The summed E-state index contributed by atoms with van der Waals surface area (Å²) in [6, 6.07) is 15.3. The number of hydrazine groups is 1. The van der Waals surface area contributed by atoms with Gasteiger partial charge in [0, 0.05) is 48.5 Å². The predicted octanol–water partition coefficient (Wildman–Crippen LogP) is 9.46. The van der Waals surface area contributed by atoms with E-state index >= 15 is 0 Å². The summed E-state index contributed by atoms with van der Waals surface area (Å²) in [4.78, 5) is 25.3. The van der Waals surface area contributed by atoms with Crippen molar-refractivity contribution in [1.29, 1.82) is 5.26 Å². The van der Waals surface area contributed by atoms with Gasteiger partial charge < -0.3 is 14.8 Å². The van der Waals surface area contributed by atoms with Gasteiger partial charge in [-0.1, -0.05) is 51.5 Å². The molecule has 2 spiro atoms. The van der Waals surface area contributed by atoms with Crippen LogP contribution in [0.1, 0.15) is 159 Å². The minimum atomic E-state index is -4.91. The molecule has 8 unspecified atom stereocenters. The third-order valence-electron chi connectivity index (χ3n) is 18.2. The maximum atomic E-state index is 14.1. The number of rotatable bonds is 9. The average molecular weight is 989 g/mol. The van der Waals surface area contributed by atoms with Gasteiger partial charge in [-0.3, -0.25) is 19.6 Å². The quantitative estimate of drug-likeness (QED) is 0.181. The van der Waals surface area contributed by atoms with Gasteiger partial charge in [0.1, 0.15) is 17.9 Å². The molecule has 2 aliphatic carbocycles. The first-order valence-corrected chi connectivity index (χ1v) is 28.0. The van der Waals surface area contributed by atoms with Gasteiger partial charge in [-0.2, -0.15) is 10.7 Å². The number of benzene rings is 2. The number of nitrogens with zero attached hydrogens (tertiary/aromatic N) is 5. The largest absolute Gasteiger partial charge is 0.573 e. The zero-order valence-corrected chi connectivity index (χ0v) is 42.6. The van der Waals surface area contributed by atoms with Crippen LogP contribution in [-0.2, 0) is 4.79 Å². The third kappa shape index (κ3) is 10.4. The molecule has 7 fully saturated rings. The summed E-state index contributed by atoms with van der Waals surface area (Å²) in [7, 11) is 0. The summed E-state index contributed by atoms with van der Waals surface area (Å²) in [5.74, 6) is 1.28. The highest BCUT2D eigenvalue weighted by molar-refractivity contribution is 8.00. The molecule has 10 rings (SSSR count). The summed E-state index contributed by atoms with van der Waals surface area (Å²) in [6.07, 6.45) is 13.7. The second kappa shape index (κ2) is 20.8. The lowest BCUT2D eigenvalue weighted by molar-refractivity contribution is -1.01. The number of carbonyl (C=O) groups is 1. The SMILES string of the molecule is CC[C@@H]1N=C(c2ccc(C3CCC4(CC3)CCN(C3CCC(C(=O)NC5CCC(Oc6ccc(C#N)c(OC(F)(F)F)c6)CC5)N[N+]35CCCCCCC5)C4)cc2)C2C(C)C(C)SC2N2C(C)NNC12. The van der Waals surface area contributed by atoms with Gasteiger partial charge in [0.25, 0.3) is 0 Å². The Morgan fingerprint density at radius 2 is 1.67 bits per heavy atom. The standard InChI is InChI=1S/C54H76F3N9O3S/c1-5-44-50-62-61-36(4)65(50)52-48(34(2)35(3)70-52)49(60-44)39-13-11-37(12-14-39)38-23-25-53(26-24-38)27-28-64(33-53)47-22-21-45(63-66(47)29-9-7-6-8-10-30-66)51(67)59-41-16-19-42(20-17-41)68-43-18-15-40(32-58)46(31-43)69-54(55,56)57/h11-15,18,31,34-36,38,41-42,44-45,47-48,50,52,61-63H,5-10,16-17,19-30,33H2,1-4H3/p+1/t34?,35?,36?,38?,41?,42?,44-,45?,47?,48?,50?,52?,53?/m0/s1. The molecule has 6 heterocycles. The van der Waals surface area contributed by atoms with Gasteiger partial charge in [-0.05, 0) is 144 Å². The molecule has 0 radical (unpaired) electrons. The number of likely N-dealkylation sites (tertiary alicyclic amines) is 1. The minimum Gasteiger partial charge on any atom is -0.490 e. The van der Waals surface area contributed by atoms with Crippen molar-refractivity contribution in [1.82, 2.24) is 31.4 Å². The first-order valence-electron chi connectivity index (χ1n) is 27.0. The Balaban J connectivity index is 0.744. The van der Waals surface area contributed by atoms with Crippen LogP contribution in [0.5, 0.6) is 11.5 Å². The summed E-state index contributed by atoms with van der Waals surface area (Å²) in [5.41, 5.74) is 15.4. The van der Waals surface area contributed by atoms with Gasteiger partial charge >= 0.3 is 6.36 Å². The molecule has 2 saturated carbocycles. The van der Waals surface area contributed by atoms with Crippen molar-refractivity contribution in [3.63, 3.8) is 0 Å². The van der Waals surface area contributed by atoms with Crippen LogP contribution >= 0.6 is 11.8 Å². The number of nitriles is 1. The third-order valence-corrected chi connectivity index (χ3v) is 19.9. The van der Waals surface area contributed by atoms with Crippen LogP contribution in [0, 0.1) is 28.6 Å². The smallest absolute Gasteiger partial charge is 0.490 e. The number of ether oxygens (including phenoxy) is 2. The Morgan fingerprint density at radius 3 is 2.37 bits per heavy atom. The zero-order valence-electron chi connectivity index (χ0n) is 41.8. The Hall–Kier alpha value is -3.43. The Kier molecular flexibility index (Phi) is 14.9. The number of carbonyl (C=O) groups excluding carboxylic acids is 1. The molecule has 2 aromatic rings. The number of hydrogen-bond acceptors (Lipinski definition) is 11. The highest BCUT2D eigenvalue weighted by Crippen LogP contribution is 2.51. The lowest BCUT2D eigenvalue weighted by atomic mass is 9.68. The van der Waals surface area contributed by atoms with Crippen molar-refractivity contribution in [2.24, 2.45) is 22.2 Å². The van der Waals surface area contributed by atoms with E-state index in [0.717, 1.165) is 68.9 Å². The lowest BCUT2D eigenvalue weighted by Gasteiger charge is -2.53. The first kappa shape index (κ1) is 50.1. The molecule has 0 aromatic heterocycles. The van der Waals surface area contributed by atoms with Crippen molar-refractivity contribution < 1.29 is 32.0 Å². The fourth-order valence-corrected chi connectivity index (χ4v) is 16.0. The van der Waals surface area contributed by atoms with Gasteiger partial charge in [-0.15, -0.1) is 24.9 Å². The number of alkyl halides is 3. The fourth-order valence-electron chi connectivity index (χ4n) is 14.2. The summed E-state index contributed by atoms with van der Waals surface area (Å²) in [6.45, 7) is 13.8. The highest BCUT2D eigenvalue weighted by atomic mass is 32.2. The van der Waals surface area contributed by atoms with E-state index in [1.165, 1.54) is 93.2 Å². The molecule has 0 bridgehead atoms. The molecular formula is C54H77F3N9O3S+. The first-order chi connectivity index (χ1) is 33.7. The molecule has 9 atom stereocenters. The van der Waals surface area contributed by atoms with E-state index in [0.29, 0.717) is 52.8 Å². The molecule has 382 valence electrons. The fraction of sp³-hybridized carbons (Fsp3) is 0.722. The average Bonchev–Trinajstić information content (AvgIpc) is 3.99. The molecule has 4 N–H and O–H groups in total. The van der Waals surface area contributed by atoms with Crippen molar-refractivity contribution in [3.8, 4) is 17.6 Å². The number of hydrogen-bond donors (Lipinski definition) is 4. The molecule has 8 aliphatic rings. The molecule has 1 amide bonds. The molecule has 5 saturated heterocycles. The maximum Gasteiger partial charge on any atom is 0.573 e.